The monoisotopic (exact) mass is 343 g/mol. The predicted octanol–water partition coefficient (Wildman–Crippen LogP) is 3.90. The van der Waals surface area contributed by atoms with Gasteiger partial charge in [-0.2, -0.15) is 0 Å². The van der Waals surface area contributed by atoms with E-state index in [0.29, 0.717) is 16.6 Å². The first-order valence-electron chi connectivity index (χ1n) is 7.45. The molecule has 1 fully saturated rings. The molecule has 1 aliphatic carbocycles. The molecule has 2 rings (SSSR count). The molecule has 6 heteroatoms. The summed E-state index contributed by atoms with van der Waals surface area (Å²) in [6.45, 7) is 4.20. The Bertz CT molecular complexity index is 679. The number of nitrogens with one attached hydrogen (secondary N) is 1. The Balaban J connectivity index is 2.25. The van der Waals surface area contributed by atoms with Gasteiger partial charge in [-0.15, -0.1) is 0 Å². The Hall–Kier alpha value is -1.07. The highest BCUT2D eigenvalue weighted by atomic mass is 35.5. The number of carbonyl (C=O) groups excluding carboxylic acids is 1. The van der Waals surface area contributed by atoms with Crippen LogP contribution in [0.25, 0.3) is 0 Å². The highest BCUT2D eigenvalue weighted by molar-refractivity contribution is 7.90. The number of hydrogen-bond donors (Lipinski definition) is 1. The van der Waals surface area contributed by atoms with Crippen LogP contribution in [0.1, 0.15) is 39.5 Å². The standard InChI is InChI=1S/C16H22ClNO3S/c1-11(2)10-16(7-4-8-16)15(19)18-14-9-12(22(3,20)21)5-6-13(14)17/h5-6,9,11H,4,7-8,10H2,1-3H3,(H,18,19). The van der Waals surface area contributed by atoms with E-state index in [2.05, 4.69) is 19.2 Å². The maximum absolute atomic E-state index is 12.6. The van der Waals surface area contributed by atoms with Crippen molar-refractivity contribution in [3.63, 3.8) is 0 Å². The maximum Gasteiger partial charge on any atom is 0.230 e. The number of sulfone groups is 1. The number of anilines is 1. The Kier molecular flexibility index (Phi) is 4.87. The average molecular weight is 344 g/mol. The van der Waals surface area contributed by atoms with E-state index in [1.54, 1.807) is 0 Å². The highest BCUT2D eigenvalue weighted by Gasteiger charge is 2.44. The lowest BCUT2D eigenvalue weighted by atomic mass is 9.64. The molecule has 1 N–H and O–H groups in total. The van der Waals surface area contributed by atoms with Gasteiger partial charge in [-0.25, -0.2) is 8.42 Å². The van der Waals surface area contributed by atoms with E-state index in [4.69, 9.17) is 11.6 Å². The van der Waals surface area contributed by atoms with Crippen LogP contribution in [0, 0.1) is 11.3 Å². The fourth-order valence-corrected chi connectivity index (χ4v) is 3.81. The van der Waals surface area contributed by atoms with E-state index in [1.807, 2.05) is 0 Å². The fraction of sp³-hybridized carbons (Fsp3) is 0.562. The third-order valence-corrected chi connectivity index (χ3v) is 5.65. The minimum atomic E-state index is -3.33. The number of amides is 1. The molecular formula is C16H22ClNO3S. The van der Waals surface area contributed by atoms with Crippen molar-refractivity contribution in [2.45, 2.75) is 44.4 Å². The molecule has 0 saturated heterocycles. The summed E-state index contributed by atoms with van der Waals surface area (Å²) in [6.07, 6.45) is 4.77. The Labute approximate surface area is 137 Å². The molecule has 1 aromatic rings. The van der Waals surface area contributed by atoms with Gasteiger partial charge in [-0.3, -0.25) is 4.79 Å². The lowest BCUT2D eigenvalue weighted by molar-refractivity contribution is -0.131. The van der Waals surface area contributed by atoms with Gasteiger partial charge in [0, 0.05) is 11.7 Å². The van der Waals surface area contributed by atoms with Gasteiger partial charge in [0.15, 0.2) is 9.84 Å². The van der Waals surface area contributed by atoms with Gasteiger partial charge < -0.3 is 5.32 Å². The van der Waals surface area contributed by atoms with Crippen LogP contribution in [0.15, 0.2) is 23.1 Å². The number of hydrogen-bond acceptors (Lipinski definition) is 3. The summed E-state index contributed by atoms with van der Waals surface area (Å²) >= 11 is 6.10. The molecule has 0 atom stereocenters. The molecule has 1 aromatic carbocycles. The topological polar surface area (TPSA) is 63.2 Å². The zero-order valence-corrected chi connectivity index (χ0v) is 14.7. The van der Waals surface area contributed by atoms with E-state index in [-0.39, 0.29) is 16.2 Å². The van der Waals surface area contributed by atoms with Crippen LogP contribution in [-0.4, -0.2) is 20.6 Å². The van der Waals surface area contributed by atoms with E-state index in [0.717, 1.165) is 31.9 Å². The van der Waals surface area contributed by atoms with Crippen LogP contribution in [0.2, 0.25) is 5.02 Å². The number of rotatable bonds is 5. The Morgan fingerprint density at radius 3 is 2.45 bits per heavy atom. The quantitative estimate of drug-likeness (QED) is 0.881. The summed E-state index contributed by atoms with van der Waals surface area (Å²) < 4.78 is 23.3. The molecule has 1 amide bonds. The zero-order chi connectivity index (χ0) is 16.5. The molecule has 122 valence electrons. The van der Waals surface area contributed by atoms with Crippen molar-refractivity contribution in [2.75, 3.05) is 11.6 Å². The van der Waals surface area contributed by atoms with Gasteiger partial charge in [0.2, 0.25) is 5.91 Å². The molecule has 0 heterocycles. The van der Waals surface area contributed by atoms with Crippen molar-refractivity contribution in [2.24, 2.45) is 11.3 Å². The van der Waals surface area contributed by atoms with Crippen molar-refractivity contribution in [3.8, 4) is 0 Å². The molecule has 1 saturated carbocycles. The number of halogens is 1. The average Bonchev–Trinajstić information content (AvgIpc) is 2.34. The van der Waals surface area contributed by atoms with Gasteiger partial charge in [-0.1, -0.05) is 31.9 Å². The molecule has 0 unspecified atom stereocenters. The molecule has 4 nitrogen and oxygen atoms in total. The van der Waals surface area contributed by atoms with E-state index in [1.165, 1.54) is 18.2 Å². The van der Waals surface area contributed by atoms with Gasteiger partial charge in [-0.05, 0) is 43.4 Å². The van der Waals surface area contributed by atoms with Gasteiger partial charge >= 0.3 is 0 Å². The number of benzene rings is 1. The van der Waals surface area contributed by atoms with Crippen LogP contribution in [0.4, 0.5) is 5.69 Å². The summed E-state index contributed by atoms with van der Waals surface area (Å²) in [4.78, 5) is 12.8. The largest absolute Gasteiger partial charge is 0.324 e. The first-order valence-corrected chi connectivity index (χ1v) is 9.72. The second-order valence-electron chi connectivity index (χ2n) is 6.60. The molecule has 0 spiro atoms. The van der Waals surface area contributed by atoms with E-state index >= 15 is 0 Å². The molecular weight excluding hydrogens is 322 g/mol. The van der Waals surface area contributed by atoms with Crippen molar-refractivity contribution in [3.05, 3.63) is 23.2 Å². The van der Waals surface area contributed by atoms with Crippen molar-refractivity contribution >= 4 is 33.0 Å². The third kappa shape index (κ3) is 3.63. The molecule has 1 aliphatic rings. The van der Waals surface area contributed by atoms with Gasteiger partial charge in [0.05, 0.1) is 15.6 Å². The van der Waals surface area contributed by atoms with Crippen LogP contribution in [0.3, 0.4) is 0 Å². The summed E-state index contributed by atoms with van der Waals surface area (Å²) in [7, 11) is -3.33. The maximum atomic E-state index is 12.6. The Morgan fingerprint density at radius 1 is 1.36 bits per heavy atom. The summed E-state index contributed by atoms with van der Waals surface area (Å²) in [5.74, 6) is 0.379. The molecule has 0 radical (unpaired) electrons. The van der Waals surface area contributed by atoms with E-state index < -0.39 is 9.84 Å². The lowest BCUT2D eigenvalue weighted by Gasteiger charge is -2.41. The molecule has 0 bridgehead atoms. The second-order valence-corrected chi connectivity index (χ2v) is 9.02. The first kappa shape index (κ1) is 17.3. The van der Waals surface area contributed by atoms with E-state index in [9.17, 15) is 13.2 Å². The normalized spacial score (nSPS) is 17.1. The van der Waals surface area contributed by atoms with Crippen LogP contribution in [0.5, 0.6) is 0 Å². The zero-order valence-electron chi connectivity index (χ0n) is 13.1. The molecule has 0 aliphatic heterocycles. The van der Waals surface area contributed by atoms with Gasteiger partial charge in [0.1, 0.15) is 0 Å². The first-order chi connectivity index (χ1) is 10.1. The predicted molar refractivity (Wildman–Crippen MR) is 88.9 cm³/mol. The minimum absolute atomic E-state index is 0.0556. The van der Waals surface area contributed by atoms with Gasteiger partial charge in [0.25, 0.3) is 0 Å². The Morgan fingerprint density at radius 2 is 2.00 bits per heavy atom. The second kappa shape index (κ2) is 6.20. The molecule has 22 heavy (non-hydrogen) atoms. The summed E-state index contributed by atoms with van der Waals surface area (Å²) in [5, 5.41) is 3.18. The van der Waals surface area contributed by atoms with Crippen LogP contribution < -0.4 is 5.32 Å². The van der Waals surface area contributed by atoms with Crippen molar-refractivity contribution in [1.29, 1.82) is 0 Å². The highest BCUT2D eigenvalue weighted by Crippen LogP contribution is 2.47. The lowest BCUT2D eigenvalue weighted by Crippen LogP contribution is -2.43. The third-order valence-electron chi connectivity index (χ3n) is 4.21. The smallest absolute Gasteiger partial charge is 0.230 e. The SMILES string of the molecule is CC(C)CC1(C(=O)Nc2cc(S(C)(=O)=O)ccc2Cl)CCC1. The van der Waals surface area contributed by atoms with Crippen LogP contribution >= 0.6 is 11.6 Å². The molecule has 0 aromatic heterocycles. The number of carbonyl (C=O) groups is 1. The van der Waals surface area contributed by atoms with Crippen molar-refractivity contribution in [1.82, 2.24) is 0 Å². The van der Waals surface area contributed by atoms with Crippen LogP contribution in [-0.2, 0) is 14.6 Å². The fourth-order valence-electron chi connectivity index (χ4n) is 2.99. The summed E-state index contributed by atoms with van der Waals surface area (Å²) in [5.41, 5.74) is 0.0307. The minimum Gasteiger partial charge on any atom is -0.324 e. The summed E-state index contributed by atoms with van der Waals surface area (Å²) in [6, 6.07) is 4.38. The van der Waals surface area contributed by atoms with Crippen molar-refractivity contribution < 1.29 is 13.2 Å².